The Hall–Kier alpha value is -2.80. The molecule has 0 radical (unpaired) electrons. The third-order valence-corrected chi connectivity index (χ3v) is 5.08. The first-order chi connectivity index (χ1) is 13.3. The molecule has 1 aliphatic rings. The van der Waals surface area contributed by atoms with Crippen LogP contribution >= 0.6 is 15.9 Å². The van der Waals surface area contributed by atoms with Gasteiger partial charge in [0.25, 0.3) is 11.8 Å². The zero-order chi connectivity index (χ0) is 20.4. The lowest BCUT2D eigenvalue weighted by Crippen LogP contribution is -2.35. The number of halogens is 1. The van der Waals surface area contributed by atoms with E-state index in [-0.39, 0.29) is 5.57 Å². The summed E-state index contributed by atoms with van der Waals surface area (Å²) >= 11 is 3.45. The summed E-state index contributed by atoms with van der Waals surface area (Å²) in [6.07, 6.45) is 1.54. The molecule has 2 aromatic carbocycles. The van der Waals surface area contributed by atoms with E-state index in [0.717, 1.165) is 11.1 Å². The van der Waals surface area contributed by atoms with Gasteiger partial charge in [0.2, 0.25) is 0 Å². The molecule has 6 nitrogen and oxygen atoms in total. The van der Waals surface area contributed by atoms with Gasteiger partial charge in [-0.15, -0.1) is 0 Å². The van der Waals surface area contributed by atoms with Gasteiger partial charge in [0.1, 0.15) is 5.57 Å². The van der Waals surface area contributed by atoms with Crippen LogP contribution in [0.1, 0.15) is 23.6 Å². The second-order valence-electron chi connectivity index (χ2n) is 6.38. The number of aryl methyl sites for hydroxylation is 2. The molecule has 2 amide bonds. The summed E-state index contributed by atoms with van der Waals surface area (Å²) < 4.78 is 11.6. The van der Waals surface area contributed by atoms with Gasteiger partial charge in [-0.25, -0.2) is 5.01 Å². The summed E-state index contributed by atoms with van der Waals surface area (Å²) in [5.41, 5.74) is 6.09. The summed E-state index contributed by atoms with van der Waals surface area (Å²) in [7, 11) is 1.54. The summed E-state index contributed by atoms with van der Waals surface area (Å²) in [6.45, 7) is 6.32. The summed E-state index contributed by atoms with van der Waals surface area (Å²) in [5.74, 6) is 0.232. The van der Waals surface area contributed by atoms with Crippen molar-refractivity contribution in [1.82, 2.24) is 5.43 Å². The SMILES string of the molecule is CCOc1c(Br)cc(/C=C2/C(=O)NN(c3ccc(C)c(C)c3)C2=O)cc1OC. The maximum Gasteiger partial charge on any atom is 0.282 e. The number of hydrogen-bond donors (Lipinski definition) is 1. The molecule has 0 atom stereocenters. The molecular weight excluding hydrogens is 424 g/mol. The van der Waals surface area contributed by atoms with Crippen LogP contribution in [0.25, 0.3) is 6.08 Å². The summed E-state index contributed by atoms with van der Waals surface area (Å²) in [4.78, 5) is 25.3. The number of hydrogen-bond acceptors (Lipinski definition) is 4. The van der Waals surface area contributed by atoms with Crippen LogP contribution in [0.3, 0.4) is 0 Å². The molecule has 1 aliphatic heterocycles. The van der Waals surface area contributed by atoms with Gasteiger partial charge in [0, 0.05) is 0 Å². The Bertz CT molecular complexity index is 985. The number of nitrogens with one attached hydrogen (secondary N) is 1. The standard InChI is InChI=1S/C21H21BrN2O4/c1-5-28-19-17(22)10-14(11-18(19)27-4)9-16-20(25)23-24(21(16)26)15-7-6-12(2)13(3)8-15/h6-11H,5H2,1-4H3,(H,23,25)/b16-9-. The predicted molar refractivity (Wildman–Crippen MR) is 111 cm³/mol. The highest BCUT2D eigenvalue weighted by Gasteiger charge is 2.34. The molecule has 7 heteroatoms. The molecule has 0 spiro atoms. The lowest BCUT2D eigenvalue weighted by atomic mass is 10.1. The van der Waals surface area contributed by atoms with Crippen molar-refractivity contribution in [2.75, 3.05) is 18.7 Å². The molecule has 0 saturated carbocycles. The first-order valence-corrected chi connectivity index (χ1v) is 9.59. The Labute approximate surface area is 172 Å². The van der Waals surface area contributed by atoms with Crippen LogP contribution in [0.2, 0.25) is 0 Å². The number of ether oxygens (including phenoxy) is 2. The lowest BCUT2D eigenvalue weighted by molar-refractivity contribution is -0.117. The number of hydrazine groups is 1. The lowest BCUT2D eigenvalue weighted by Gasteiger charge is -2.16. The van der Waals surface area contributed by atoms with Crippen LogP contribution < -0.4 is 19.9 Å². The van der Waals surface area contributed by atoms with Gasteiger partial charge < -0.3 is 9.47 Å². The zero-order valence-corrected chi connectivity index (χ0v) is 17.7. The molecule has 1 fully saturated rings. The van der Waals surface area contributed by atoms with Crippen LogP contribution in [-0.4, -0.2) is 25.5 Å². The molecule has 28 heavy (non-hydrogen) atoms. The number of carbonyl (C=O) groups excluding carboxylic acids is 2. The van der Waals surface area contributed by atoms with Crippen molar-refractivity contribution in [2.24, 2.45) is 0 Å². The van der Waals surface area contributed by atoms with Crippen molar-refractivity contribution in [1.29, 1.82) is 0 Å². The normalized spacial score (nSPS) is 15.2. The smallest absolute Gasteiger partial charge is 0.282 e. The molecule has 0 aromatic heterocycles. The van der Waals surface area contributed by atoms with Crippen LogP contribution in [-0.2, 0) is 9.59 Å². The fourth-order valence-corrected chi connectivity index (χ4v) is 3.45. The van der Waals surface area contributed by atoms with Gasteiger partial charge in [-0.3, -0.25) is 15.0 Å². The fraction of sp³-hybridized carbons (Fsp3) is 0.238. The Balaban J connectivity index is 1.96. The number of benzene rings is 2. The first-order valence-electron chi connectivity index (χ1n) is 8.80. The number of rotatable bonds is 5. The molecule has 1 heterocycles. The van der Waals surface area contributed by atoms with Gasteiger partial charge in [-0.2, -0.15) is 0 Å². The van der Waals surface area contributed by atoms with Gasteiger partial charge in [0.15, 0.2) is 11.5 Å². The van der Waals surface area contributed by atoms with E-state index >= 15 is 0 Å². The fourth-order valence-electron chi connectivity index (χ4n) is 2.88. The molecule has 2 aromatic rings. The minimum atomic E-state index is -0.452. The van der Waals surface area contributed by atoms with Crippen molar-refractivity contribution in [3.8, 4) is 11.5 Å². The van der Waals surface area contributed by atoms with Crippen LogP contribution in [0.5, 0.6) is 11.5 Å². The van der Waals surface area contributed by atoms with E-state index in [1.165, 1.54) is 12.1 Å². The molecule has 0 aliphatic carbocycles. The Morgan fingerprint density at radius 2 is 1.89 bits per heavy atom. The summed E-state index contributed by atoms with van der Waals surface area (Å²) in [6, 6.07) is 9.09. The van der Waals surface area contributed by atoms with E-state index in [1.807, 2.05) is 32.9 Å². The highest BCUT2D eigenvalue weighted by atomic mass is 79.9. The molecule has 0 bridgehead atoms. The highest BCUT2D eigenvalue weighted by molar-refractivity contribution is 9.10. The minimum Gasteiger partial charge on any atom is -0.493 e. The molecule has 1 saturated heterocycles. The molecule has 0 unspecified atom stereocenters. The van der Waals surface area contributed by atoms with Gasteiger partial charge in [-0.05, 0) is 83.7 Å². The second kappa shape index (κ2) is 8.06. The minimum absolute atomic E-state index is 0.0522. The van der Waals surface area contributed by atoms with Crippen LogP contribution in [0, 0.1) is 13.8 Å². The average molecular weight is 445 g/mol. The highest BCUT2D eigenvalue weighted by Crippen LogP contribution is 2.37. The maximum absolute atomic E-state index is 12.8. The van der Waals surface area contributed by atoms with Crippen molar-refractivity contribution < 1.29 is 19.1 Å². The average Bonchev–Trinajstić information content (AvgIpc) is 2.94. The second-order valence-corrected chi connectivity index (χ2v) is 7.23. The molecular formula is C21H21BrN2O4. The van der Waals surface area contributed by atoms with Crippen molar-refractivity contribution in [3.63, 3.8) is 0 Å². The zero-order valence-electron chi connectivity index (χ0n) is 16.1. The number of anilines is 1. The van der Waals surface area contributed by atoms with Crippen molar-refractivity contribution >= 4 is 39.5 Å². The number of methoxy groups -OCH3 is 1. The van der Waals surface area contributed by atoms with Crippen LogP contribution in [0.4, 0.5) is 5.69 Å². The van der Waals surface area contributed by atoms with Crippen LogP contribution in [0.15, 0.2) is 40.4 Å². The van der Waals surface area contributed by atoms with E-state index in [4.69, 9.17) is 9.47 Å². The Kier molecular flexibility index (Phi) is 5.74. The van der Waals surface area contributed by atoms with Gasteiger partial charge in [0.05, 0.1) is 23.9 Å². The molecule has 1 N–H and O–H groups in total. The number of amides is 2. The summed E-state index contributed by atoms with van der Waals surface area (Å²) in [5, 5.41) is 1.27. The van der Waals surface area contributed by atoms with Crippen molar-refractivity contribution in [3.05, 3.63) is 57.1 Å². The Morgan fingerprint density at radius 3 is 2.54 bits per heavy atom. The maximum atomic E-state index is 12.8. The van der Waals surface area contributed by atoms with E-state index in [0.29, 0.717) is 33.8 Å². The predicted octanol–water partition coefficient (Wildman–Crippen LogP) is 3.93. The number of carbonyl (C=O) groups is 2. The molecule has 3 rings (SSSR count). The largest absolute Gasteiger partial charge is 0.493 e. The van der Waals surface area contributed by atoms with Gasteiger partial charge >= 0.3 is 0 Å². The van der Waals surface area contributed by atoms with E-state index < -0.39 is 11.8 Å². The topological polar surface area (TPSA) is 67.9 Å². The third kappa shape index (κ3) is 3.75. The van der Waals surface area contributed by atoms with Gasteiger partial charge in [-0.1, -0.05) is 6.07 Å². The quantitative estimate of drug-likeness (QED) is 0.560. The first kappa shape index (κ1) is 19.9. The molecule has 146 valence electrons. The Morgan fingerprint density at radius 1 is 1.14 bits per heavy atom. The van der Waals surface area contributed by atoms with Crippen molar-refractivity contribution in [2.45, 2.75) is 20.8 Å². The third-order valence-electron chi connectivity index (χ3n) is 4.49. The monoisotopic (exact) mass is 444 g/mol. The van der Waals surface area contributed by atoms with E-state index in [9.17, 15) is 9.59 Å². The van der Waals surface area contributed by atoms with E-state index in [1.54, 1.807) is 24.3 Å². The van der Waals surface area contributed by atoms with E-state index in [2.05, 4.69) is 21.4 Å². The number of nitrogens with zero attached hydrogens (tertiary/aromatic N) is 1.